The third-order valence-electron chi connectivity index (χ3n) is 2.74. The van der Waals surface area contributed by atoms with Crippen LogP contribution < -0.4 is 4.74 Å². The summed E-state index contributed by atoms with van der Waals surface area (Å²) in [6, 6.07) is 15.5. The molecule has 0 amide bonds. The number of thiophene rings is 1. The summed E-state index contributed by atoms with van der Waals surface area (Å²) < 4.78 is 6.94. The molecule has 0 saturated heterocycles. The van der Waals surface area contributed by atoms with Gasteiger partial charge in [-0.25, -0.2) is 0 Å². The molecule has 0 aliphatic heterocycles. The molecule has 0 spiro atoms. The third kappa shape index (κ3) is 2.86. The second kappa shape index (κ2) is 5.41. The van der Waals surface area contributed by atoms with Crippen molar-refractivity contribution in [3.8, 4) is 5.75 Å². The highest BCUT2D eigenvalue weighted by atomic mass is 35.5. The summed E-state index contributed by atoms with van der Waals surface area (Å²) in [5.41, 5.74) is 0. The fraction of sp³-hybridized carbons (Fsp3) is 0.0667. The molecular formula is C15H10Cl2OS. The topological polar surface area (TPSA) is 9.23 Å². The molecule has 0 N–H and O–H groups in total. The number of para-hydroxylation sites is 1. The van der Waals surface area contributed by atoms with Crippen LogP contribution in [0.15, 0.2) is 48.5 Å². The lowest BCUT2D eigenvalue weighted by molar-refractivity contribution is 0.310. The Morgan fingerprint density at radius 2 is 1.84 bits per heavy atom. The van der Waals surface area contributed by atoms with Gasteiger partial charge in [0.1, 0.15) is 12.4 Å². The van der Waals surface area contributed by atoms with Crippen LogP contribution in [0.2, 0.25) is 10.0 Å². The van der Waals surface area contributed by atoms with E-state index in [-0.39, 0.29) is 0 Å². The van der Waals surface area contributed by atoms with Crippen LogP contribution in [0.1, 0.15) is 4.88 Å². The van der Waals surface area contributed by atoms with Crippen LogP contribution in [0.3, 0.4) is 0 Å². The van der Waals surface area contributed by atoms with Crippen molar-refractivity contribution in [1.29, 1.82) is 0 Å². The number of benzene rings is 2. The Balaban J connectivity index is 1.80. The van der Waals surface area contributed by atoms with Crippen molar-refractivity contribution < 1.29 is 4.74 Å². The highest BCUT2D eigenvalue weighted by Crippen LogP contribution is 2.30. The molecule has 1 aromatic heterocycles. The number of halogens is 2. The minimum absolute atomic E-state index is 0.515. The minimum Gasteiger partial charge on any atom is -0.487 e. The molecule has 1 nitrogen and oxygen atoms in total. The normalized spacial score (nSPS) is 10.8. The zero-order chi connectivity index (χ0) is 13.2. The molecule has 0 bridgehead atoms. The van der Waals surface area contributed by atoms with Gasteiger partial charge in [-0.3, -0.25) is 0 Å². The smallest absolute Gasteiger partial charge is 0.138 e. The van der Waals surface area contributed by atoms with Crippen molar-refractivity contribution in [2.75, 3.05) is 0 Å². The van der Waals surface area contributed by atoms with E-state index in [1.165, 1.54) is 4.70 Å². The predicted molar refractivity (Wildman–Crippen MR) is 82.6 cm³/mol. The summed E-state index contributed by atoms with van der Waals surface area (Å²) in [4.78, 5) is 1.15. The molecule has 96 valence electrons. The van der Waals surface area contributed by atoms with Crippen molar-refractivity contribution >= 4 is 44.6 Å². The van der Waals surface area contributed by atoms with Crippen molar-refractivity contribution in [3.63, 3.8) is 0 Å². The van der Waals surface area contributed by atoms with Gasteiger partial charge in [0.25, 0.3) is 0 Å². The number of hydrogen-bond donors (Lipinski definition) is 0. The summed E-state index contributed by atoms with van der Waals surface area (Å²) in [6.07, 6.45) is 0. The fourth-order valence-corrected chi connectivity index (χ4v) is 3.18. The van der Waals surface area contributed by atoms with Gasteiger partial charge in [0, 0.05) is 14.6 Å². The maximum absolute atomic E-state index is 6.05. The fourth-order valence-electron chi connectivity index (χ4n) is 1.85. The van der Waals surface area contributed by atoms with Gasteiger partial charge in [-0.2, -0.15) is 0 Å². The van der Waals surface area contributed by atoms with Gasteiger partial charge < -0.3 is 4.74 Å². The highest BCUT2D eigenvalue weighted by Gasteiger charge is 2.05. The molecular weight excluding hydrogens is 299 g/mol. The SMILES string of the molecule is Clc1ccc2sc(COc3ccccc3Cl)cc2c1. The van der Waals surface area contributed by atoms with E-state index in [1.807, 2.05) is 42.5 Å². The van der Waals surface area contributed by atoms with Crippen LogP contribution >= 0.6 is 34.5 Å². The van der Waals surface area contributed by atoms with Crippen LogP contribution in [0, 0.1) is 0 Å². The molecule has 2 aromatic carbocycles. The van der Waals surface area contributed by atoms with Gasteiger partial charge in [-0.05, 0) is 41.8 Å². The summed E-state index contributed by atoms with van der Waals surface area (Å²) in [5.74, 6) is 0.708. The van der Waals surface area contributed by atoms with E-state index < -0.39 is 0 Å². The number of ether oxygens (including phenoxy) is 1. The van der Waals surface area contributed by atoms with Crippen LogP contribution in [-0.2, 0) is 6.61 Å². The van der Waals surface area contributed by atoms with Crippen LogP contribution in [0.25, 0.3) is 10.1 Å². The lowest BCUT2D eigenvalue weighted by atomic mass is 10.2. The van der Waals surface area contributed by atoms with E-state index >= 15 is 0 Å². The molecule has 0 saturated carbocycles. The average molecular weight is 309 g/mol. The zero-order valence-corrected chi connectivity index (χ0v) is 12.2. The zero-order valence-electron chi connectivity index (χ0n) is 9.90. The summed E-state index contributed by atoms with van der Waals surface area (Å²) >= 11 is 13.7. The van der Waals surface area contributed by atoms with Crippen LogP contribution in [0.4, 0.5) is 0 Å². The maximum atomic E-state index is 6.05. The molecule has 0 unspecified atom stereocenters. The molecule has 1 heterocycles. The van der Waals surface area contributed by atoms with Gasteiger partial charge >= 0.3 is 0 Å². The lowest BCUT2D eigenvalue weighted by Gasteiger charge is -2.05. The van der Waals surface area contributed by atoms with Crippen molar-refractivity contribution in [3.05, 3.63) is 63.5 Å². The molecule has 4 heteroatoms. The van der Waals surface area contributed by atoms with E-state index in [0.29, 0.717) is 17.4 Å². The third-order valence-corrected chi connectivity index (χ3v) is 4.37. The van der Waals surface area contributed by atoms with E-state index in [2.05, 4.69) is 6.07 Å². The molecule has 19 heavy (non-hydrogen) atoms. The van der Waals surface area contributed by atoms with Crippen molar-refractivity contribution in [1.82, 2.24) is 0 Å². The Labute approximate surface area is 125 Å². The first-order valence-electron chi connectivity index (χ1n) is 5.78. The first-order valence-corrected chi connectivity index (χ1v) is 7.35. The van der Waals surface area contributed by atoms with Gasteiger partial charge in [0.05, 0.1) is 5.02 Å². The van der Waals surface area contributed by atoms with Crippen molar-refractivity contribution in [2.45, 2.75) is 6.61 Å². The predicted octanol–water partition coefficient (Wildman–Crippen LogP) is 5.79. The Hall–Kier alpha value is -1.22. The average Bonchev–Trinajstić information content (AvgIpc) is 2.79. The van der Waals surface area contributed by atoms with E-state index in [1.54, 1.807) is 11.3 Å². The minimum atomic E-state index is 0.515. The molecule has 0 radical (unpaired) electrons. The van der Waals surface area contributed by atoms with Gasteiger partial charge in [-0.1, -0.05) is 35.3 Å². The number of rotatable bonds is 3. The molecule has 3 aromatic rings. The largest absolute Gasteiger partial charge is 0.487 e. The van der Waals surface area contributed by atoms with Gasteiger partial charge in [-0.15, -0.1) is 11.3 Å². The molecule has 0 aliphatic carbocycles. The molecule has 3 rings (SSSR count). The highest BCUT2D eigenvalue weighted by molar-refractivity contribution is 7.19. The number of fused-ring (bicyclic) bond motifs is 1. The lowest BCUT2D eigenvalue weighted by Crippen LogP contribution is -1.92. The second-order valence-electron chi connectivity index (χ2n) is 4.11. The monoisotopic (exact) mass is 308 g/mol. The Bertz CT molecular complexity index is 721. The summed E-state index contributed by atoms with van der Waals surface area (Å²) in [5, 5.41) is 2.53. The van der Waals surface area contributed by atoms with Crippen molar-refractivity contribution in [2.24, 2.45) is 0 Å². The Morgan fingerprint density at radius 3 is 2.68 bits per heavy atom. The molecule has 0 atom stereocenters. The summed E-state index contributed by atoms with van der Waals surface area (Å²) in [7, 11) is 0. The quantitative estimate of drug-likeness (QED) is 0.595. The van der Waals surface area contributed by atoms with E-state index in [4.69, 9.17) is 27.9 Å². The van der Waals surface area contributed by atoms with Gasteiger partial charge in [0.15, 0.2) is 0 Å². The van der Waals surface area contributed by atoms with Crippen LogP contribution in [0.5, 0.6) is 5.75 Å². The summed E-state index contributed by atoms with van der Waals surface area (Å²) in [6.45, 7) is 0.515. The standard InChI is InChI=1S/C15H10Cl2OS/c16-11-5-6-15-10(7-11)8-12(19-15)9-18-14-4-2-1-3-13(14)17/h1-8H,9H2. The second-order valence-corrected chi connectivity index (χ2v) is 6.13. The number of hydrogen-bond acceptors (Lipinski definition) is 2. The molecule has 0 aliphatic rings. The van der Waals surface area contributed by atoms with E-state index in [0.717, 1.165) is 15.3 Å². The first-order chi connectivity index (χ1) is 9.22. The Kier molecular flexibility index (Phi) is 3.65. The first kappa shape index (κ1) is 12.8. The van der Waals surface area contributed by atoms with E-state index in [9.17, 15) is 0 Å². The van der Waals surface area contributed by atoms with Crippen LogP contribution in [-0.4, -0.2) is 0 Å². The Morgan fingerprint density at radius 1 is 1.00 bits per heavy atom. The maximum Gasteiger partial charge on any atom is 0.138 e. The van der Waals surface area contributed by atoms with Gasteiger partial charge in [0.2, 0.25) is 0 Å². The molecule has 0 fully saturated rings.